The average molecular weight is 275 g/mol. The summed E-state index contributed by atoms with van der Waals surface area (Å²) in [6.07, 6.45) is 5.04. The van der Waals surface area contributed by atoms with Crippen molar-refractivity contribution in [2.45, 2.75) is 26.4 Å². The Bertz CT molecular complexity index is 496. The molecule has 0 fully saturated rings. The van der Waals surface area contributed by atoms with E-state index in [2.05, 4.69) is 23.4 Å². The fourth-order valence-corrected chi connectivity index (χ4v) is 1.08. The molecule has 0 radical (unpaired) electrons. The molecule has 0 saturated heterocycles. The number of hydrogen-bond donors (Lipinski definition) is 1. The molecule has 0 aliphatic heterocycles. The second-order valence-electron chi connectivity index (χ2n) is 3.65. The minimum absolute atomic E-state index is 0.326. The monoisotopic (exact) mass is 275 g/mol. The summed E-state index contributed by atoms with van der Waals surface area (Å²) < 4.78 is 4.96. The van der Waals surface area contributed by atoms with Gasteiger partial charge in [-0.3, -0.25) is 14.6 Å². The Morgan fingerprint density at radius 2 is 2.20 bits per heavy atom. The first-order valence-corrected chi connectivity index (χ1v) is 5.84. The fraction of sp³-hybridized carbons (Fsp3) is 0.267. The summed E-state index contributed by atoms with van der Waals surface area (Å²) in [5.74, 6) is 4.69. The van der Waals surface area contributed by atoms with Crippen molar-refractivity contribution in [3.05, 3.63) is 42.7 Å². The van der Waals surface area contributed by atoms with Gasteiger partial charge in [-0.2, -0.15) is 0 Å². The minimum Gasteiger partial charge on any atom is -0.481 e. The van der Waals surface area contributed by atoms with Gasteiger partial charge in [0.15, 0.2) is 0 Å². The van der Waals surface area contributed by atoms with Crippen molar-refractivity contribution >= 4 is 11.9 Å². The number of pyridine rings is 1. The number of carbonyl (C=O) groups is 2. The van der Waals surface area contributed by atoms with E-state index in [-0.39, 0.29) is 12.1 Å². The topological polar surface area (TPSA) is 76.5 Å². The van der Waals surface area contributed by atoms with Crippen LogP contribution in [0, 0.1) is 11.8 Å². The number of aliphatic carboxylic acids is 1. The molecule has 0 aliphatic carbocycles. The van der Waals surface area contributed by atoms with Crippen LogP contribution in [-0.4, -0.2) is 28.1 Å². The van der Waals surface area contributed by atoms with E-state index in [1.165, 1.54) is 6.92 Å². The molecular formula is C15H17NO4. The molecule has 1 atom stereocenters. The fourth-order valence-electron chi connectivity index (χ4n) is 1.08. The highest BCUT2D eigenvalue weighted by atomic mass is 16.5. The second kappa shape index (κ2) is 10.3. The number of nitrogens with zero attached hydrogens (tertiary/aromatic N) is 1. The van der Waals surface area contributed by atoms with Gasteiger partial charge >= 0.3 is 5.97 Å². The highest BCUT2D eigenvalue weighted by Gasteiger charge is 2.04. The zero-order chi connectivity index (χ0) is 15.4. The molecule has 1 rings (SSSR count). The smallest absolute Gasteiger partial charge is 0.303 e. The number of rotatable bonds is 3. The Kier molecular flexibility index (Phi) is 8.98. The summed E-state index contributed by atoms with van der Waals surface area (Å²) in [6, 6.07) is 3.69. The number of hydrogen-bond acceptors (Lipinski definition) is 4. The third-order valence-electron chi connectivity index (χ3n) is 1.78. The molecule has 0 bridgehead atoms. The number of aromatic nitrogens is 1. The predicted molar refractivity (Wildman–Crippen MR) is 74.8 cm³/mol. The van der Waals surface area contributed by atoms with Crippen LogP contribution < -0.4 is 0 Å². The van der Waals surface area contributed by atoms with Crippen LogP contribution in [0.15, 0.2) is 37.2 Å². The van der Waals surface area contributed by atoms with E-state index >= 15 is 0 Å². The van der Waals surface area contributed by atoms with Crippen LogP contribution in [0.1, 0.15) is 25.8 Å². The van der Waals surface area contributed by atoms with Crippen LogP contribution in [0.3, 0.4) is 0 Å². The lowest BCUT2D eigenvalue weighted by molar-refractivity contribution is -0.144. The van der Waals surface area contributed by atoms with Crippen molar-refractivity contribution in [3.63, 3.8) is 0 Å². The molecule has 0 aliphatic rings. The Morgan fingerprint density at radius 1 is 1.55 bits per heavy atom. The van der Waals surface area contributed by atoms with E-state index in [1.807, 2.05) is 12.1 Å². The molecule has 0 aromatic carbocycles. The SMILES string of the molecule is C=CC(CC#Cc1cccnc1)OC(C)=O.CC(=O)O. The molecule has 5 nitrogen and oxygen atoms in total. The highest BCUT2D eigenvalue weighted by molar-refractivity contribution is 5.66. The van der Waals surface area contributed by atoms with Gasteiger partial charge in [0.2, 0.25) is 0 Å². The molecule has 1 aromatic heterocycles. The first-order chi connectivity index (χ1) is 9.45. The maximum absolute atomic E-state index is 10.7. The van der Waals surface area contributed by atoms with E-state index in [9.17, 15) is 4.79 Å². The first-order valence-electron chi connectivity index (χ1n) is 5.84. The zero-order valence-electron chi connectivity index (χ0n) is 11.5. The highest BCUT2D eigenvalue weighted by Crippen LogP contribution is 2.00. The Balaban J connectivity index is 0.000000796. The second-order valence-corrected chi connectivity index (χ2v) is 3.65. The summed E-state index contributed by atoms with van der Waals surface area (Å²) in [4.78, 5) is 23.7. The lowest BCUT2D eigenvalue weighted by Crippen LogP contribution is -2.12. The van der Waals surface area contributed by atoms with Crippen LogP contribution in [0.2, 0.25) is 0 Å². The Morgan fingerprint density at radius 3 is 2.65 bits per heavy atom. The van der Waals surface area contributed by atoms with Gasteiger partial charge in [-0.25, -0.2) is 0 Å². The van der Waals surface area contributed by atoms with Crippen molar-refractivity contribution in [1.82, 2.24) is 4.98 Å². The van der Waals surface area contributed by atoms with E-state index in [1.54, 1.807) is 18.5 Å². The van der Waals surface area contributed by atoms with Crippen molar-refractivity contribution in [1.29, 1.82) is 0 Å². The van der Waals surface area contributed by atoms with Crippen molar-refractivity contribution in [2.75, 3.05) is 0 Å². The number of ether oxygens (including phenoxy) is 1. The standard InChI is InChI=1S/C13H13NO2.C2H4O2/c1-3-13(16-11(2)15)8-4-6-12-7-5-9-14-10-12;1-2(3)4/h3,5,7,9-10,13H,1,8H2,2H3;1H3,(H,3,4). The van der Waals surface area contributed by atoms with Crippen LogP contribution in [0.25, 0.3) is 0 Å². The summed E-state index contributed by atoms with van der Waals surface area (Å²) in [7, 11) is 0. The van der Waals surface area contributed by atoms with Gasteiger partial charge in [-0.15, -0.1) is 0 Å². The maximum atomic E-state index is 10.7. The summed E-state index contributed by atoms with van der Waals surface area (Å²) in [6.45, 7) is 6.03. The molecular weight excluding hydrogens is 258 g/mol. The van der Waals surface area contributed by atoms with E-state index < -0.39 is 5.97 Å². The van der Waals surface area contributed by atoms with E-state index in [4.69, 9.17) is 14.6 Å². The molecule has 1 unspecified atom stereocenters. The number of carboxylic acid groups (broad SMARTS) is 1. The van der Waals surface area contributed by atoms with Crippen molar-refractivity contribution < 1.29 is 19.4 Å². The van der Waals surface area contributed by atoms with Gasteiger partial charge in [0, 0.05) is 31.8 Å². The van der Waals surface area contributed by atoms with E-state index in [0.29, 0.717) is 6.42 Å². The normalized spacial score (nSPS) is 9.90. The lowest BCUT2D eigenvalue weighted by atomic mass is 10.2. The molecule has 1 N–H and O–H groups in total. The quantitative estimate of drug-likeness (QED) is 0.519. The molecule has 20 heavy (non-hydrogen) atoms. The summed E-state index contributed by atoms with van der Waals surface area (Å²) >= 11 is 0. The summed E-state index contributed by atoms with van der Waals surface area (Å²) in [5, 5.41) is 7.42. The van der Waals surface area contributed by atoms with Gasteiger partial charge in [0.1, 0.15) is 6.10 Å². The predicted octanol–water partition coefficient (Wildman–Crippen LogP) is 2.03. The molecule has 5 heteroatoms. The van der Waals surface area contributed by atoms with Crippen LogP contribution in [-0.2, 0) is 14.3 Å². The lowest BCUT2D eigenvalue weighted by Gasteiger charge is -2.08. The molecule has 106 valence electrons. The third-order valence-corrected chi connectivity index (χ3v) is 1.78. The molecule has 1 heterocycles. The number of carboxylic acids is 1. The number of carbonyl (C=O) groups excluding carboxylic acids is 1. The largest absolute Gasteiger partial charge is 0.481 e. The van der Waals surface area contributed by atoms with Crippen LogP contribution in [0.5, 0.6) is 0 Å². The molecule has 0 amide bonds. The van der Waals surface area contributed by atoms with Gasteiger partial charge in [0.25, 0.3) is 5.97 Å². The minimum atomic E-state index is -0.833. The first kappa shape index (κ1) is 17.4. The average Bonchev–Trinajstić information content (AvgIpc) is 2.37. The maximum Gasteiger partial charge on any atom is 0.303 e. The summed E-state index contributed by atoms with van der Waals surface area (Å²) in [5.41, 5.74) is 0.841. The molecule has 0 spiro atoms. The number of esters is 1. The van der Waals surface area contributed by atoms with Gasteiger partial charge in [0.05, 0.1) is 6.42 Å². The van der Waals surface area contributed by atoms with Gasteiger partial charge < -0.3 is 9.84 Å². The van der Waals surface area contributed by atoms with Crippen molar-refractivity contribution in [2.24, 2.45) is 0 Å². The van der Waals surface area contributed by atoms with E-state index in [0.717, 1.165) is 12.5 Å². The Hall–Kier alpha value is -2.61. The van der Waals surface area contributed by atoms with Gasteiger partial charge in [-0.05, 0) is 12.1 Å². The van der Waals surface area contributed by atoms with Gasteiger partial charge in [-0.1, -0.05) is 24.5 Å². The van der Waals surface area contributed by atoms with Crippen LogP contribution in [0.4, 0.5) is 0 Å². The van der Waals surface area contributed by atoms with Crippen LogP contribution >= 0.6 is 0 Å². The zero-order valence-corrected chi connectivity index (χ0v) is 11.5. The molecule has 0 saturated carbocycles. The van der Waals surface area contributed by atoms with Crippen molar-refractivity contribution in [3.8, 4) is 11.8 Å². The molecule has 1 aromatic rings. The Labute approximate surface area is 118 Å². The third kappa shape index (κ3) is 10.5.